The Balaban J connectivity index is 1.73. The SMILES string of the molecule is C=C1CCCCC(OC(=O)c2ccc(-c3cc(C(F)(F)F)n(C)n3)s2)C1. The van der Waals surface area contributed by atoms with Crippen LogP contribution in [0.4, 0.5) is 13.2 Å². The van der Waals surface area contributed by atoms with Crippen molar-refractivity contribution < 1.29 is 22.7 Å². The van der Waals surface area contributed by atoms with E-state index in [0.717, 1.165) is 53.3 Å². The first kappa shape index (κ1) is 18.7. The average molecular weight is 384 g/mol. The summed E-state index contributed by atoms with van der Waals surface area (Å²) in [6.45, 7) is 3.99. The van der Waals surface area contributed by atoms with Crippen molar-refractivity contribution in [3.05, 3.63) is 40.9 Å². The molecule has 0 aromatic carbocycles. The third-order valence-corrected chi connectivity index (χ3v) is 5.41. The van der Waals surface area contributed by atoms with Crippen molar-refractivity contribution in [2.75, 3.05) is 0 Å². The topological polar surface area (TPSA) is 44.1 Å². The molecule has 1 saturated carbocycles. The maximum atomic E-state index is 12.9. The Hall–Kier alpha value is -2.09. The van der Waals surface area contributed by atoms with Gasteiger partial charge in [-0.2, -0.15) is 18.3 Å². The van der Waals surface area contributed by atoms with Gasteiger partial charge in [0.2, 0.25) is 0 Å². The van der Waals surface area contributed by atoms with Gasteiger partial charge in [0.1, 0.15) is 22.4 Å². The summed E-state index contributed by atoms with van der Waals surface area (Å²) in [5.41, 5.74) is 0.439. The highest BCUT2D eigenvalue weighted by Gasteiger charge is 2.35. The lowest BCUT2D eigenvalue weighted by Crippen LogP contribution is -2.17. The lowest BCUT2D eigenvalue weighted by atomic mass is 10.1. The summed E-state index contributed by atoms with van der Waals surface area (Å²) in [6, 6.07) is 4.14. The number of hydrogen-bond acceptors (Lipinski definition) is 4. The number of alkyl halides is 3. The van der Waals surface area contributed by atoms with Gasteiger partial charge < -0.3 is 4.74 Å². The van der Waals surface area contributed by atoms with Gasteiger partial charge in [-0.25, -0.2) is 4.79 Å². The van der Waals surface area contributed by atoms with E-state index < -0.39 is 17.8 Å². The molecule has 2 heterocycles. The molecule has 1 fully saturated rings. The van der Waals surface area contributed by atoms with Gasteiger partial charge in [0.15, 0.2) is 0 Å². The van der Waals surface area contributed by atoms with Crippen LogP contribution in [-0.4, -0.2) is 21.9 Å². The van der Waals surface area contributed by atoms with Crippen molar-refractivity contribution in [2.45, 2.75) is 44.4 Å². The Kier molecular flexibility index (Phi) is 5.22. The first-order valence-corrected chi connectivity index (χ1v) is 9.15. The molecule has 0 amide bonds. The molecule has 2 aromatic heterocycles. The number of nitrogens with zero attached hydrogens (tertiary/aromatic N) is 2. The molecule has 140 valence electrons. The van der Waals surface area contributed by atoms with Gasteiger partial charge in [-0.15, -0.1) is 11.3 Å². The minimum Gasteiger partial charge on any atom is -0.458 e. The zero-order chi connectivity index (χ0) is 18.9. The average Bonchev–Trinajstić information content (AvgIpc) is 3.12. The van der Waals surface area contributed by atoms with Crippen molar-refractivity contribution >= 4 is 17.3 Å². The highest BCUT2D eigenvalue weighted by Crippen LogP contribution is 2.34. The van der Waals surface area contributed by atoms with Gasteiger partial charge >= 0.3 is 12.1 Å². The number of hydrogen-bond donors (Lipinski definition) is 0. The van der Waals surface area contributed by atoms with Crippen LogP contribution in [0, 0.1) is 0 Å². The number of aromatic nitrogens is 2. The third-order valence-electron chi connectivity index (χ3n) is 4.33. The molecular formula is C18H19F3N2O2S. The summed E-state index contributed by atoms with van der Waals surface area (Å²) in [5.74, 6) is -0.451. The summed E-state index contributed by atoms with van der Waals surface area (Å²) >= 11 is 1.08. The Labute approximate surface area is 153 Å². The van der Waals surface area contributed by atoms with Crippen LogP contribution in [0.1, 0.15) is 47.5 Å². The Morgan fingerprint density at radius 1 is 1.38 bits per heavy atom. The number of aryl methyl sites for hydroxylation is 1. The number of ether oxygens (including phenoxy) is 1. The van der Waals surface area contributed by atoms with E-state index in [2.05, 4.69) is 11.7 Å². The molecule has 1 unspecified atom stereocenters. The number of halogens is 3. The number of esters is 1. The minimum absolute atomic E-state index is 0.185. The standard InChI is InChI=1S/C18H19F3N2O2S/c1-11-5-3-4-6-12(9-11)25-17(24)15-8-7-14(26-15)13-10-16(18(19,20)21)23(2)22-13/h7-8,10,12H,1,3-6,9H2,2H3. The molecule has 0 spiro atoms. The van der Waals surface area contributed by atoms with Gasteiger partial charge in [0.05, 0.1) is 4.88 Å². The Bertz CT molecular complexity index is 823. The fraction of sp³-hybridized carbons (Fsp3) is 0.444. The minimum atomic E-state index is -4.47. The number of rotatable bonds is 3. The van der Waals surface area contributed by atoms with E-state index in [4.69, 9.17) is 4.74 Å². The summed E-state index contributed by atoms with van der Waals surface area (Å²) in [5, 5.41) is 3.90. The number of carbonyl (C=O) groups excluding carboxylic acids is 1. The third kappa shape index (κ3) is 4.17. The quantitative estimate of drug-likeness (QED) is 0.414. The van der Waals surface area contributed by atoms with Crippen LogP contribution in [0.5, 0.6) is 0 Å². The van der Waals surface area contributed by atoms with Crippen LogP contribution in [0.25, 0.3) is 10.6 Å². The van der Waals surface area contributed by atoms with Crippen LogP contribution in [0.3, 0.4) is 0 Å². The van der Waals surface area contributed by atoms with E-state index in [1.165, 1.54) is 7.05 Å². The van der Waals surface area contributed by atoms with Crippen molar-refractivity contribution in [1.29, 1.82) is 0 Å². The van der Waals surface area contributed by atoms with E-state index >= 15 is 0 Å². The van der Waals surface area contributed by atoms with Crippen LogP contribution in [-0.2, 0) is 18.0 Å². The molecular weight excluding hydrogens is 365 g/mol. The van der Waals surface area contributed by atoms with Crippen molar-refractivity contribution in [2.24, 2.45) is 7.05 Å². The van der Waals surface area contributed by atoms with E-state index in [-0.39, 0.29) is 11.8 Å². The fourth-order valence-electron chi connectivity index (χ4n) is 3.02. The molecule has 1 aliphatic carbocycles. The lowest BCUT2D eigenvalue weighted by molar-refractivity contribution is -0.143. The first-order valence-electron chi connectivity index (χ1n) is 8.33. The molecule has 0 radical (unpaired) electrons. The van der Waals surface area contributed by atoms with E-state index in [0.29, 0.717) is 16.2 Å². The van der Waals surface area contributed by atoms with Gasteiger partial charge in [-0.3, -0.25) is 4.68 Å². The van der Waals surface area contributed by atoms with Crippen LogP contribution in [0.2, 0.25) is 0 Å². The summed E-state index contributed by atoms with van der Waals surface area (Å²) in [7, 11) is 1.24. The summed E-state index contributed by atoms with van der Waals surface area (Å²) < 4.78 is 45.1. The summed E-state index contributed by atoms with van der Waals surface area (Å²) in [6.07, 6.45) is -0.191. The Morgan fingerprint density at radius 3 is 2.85 bits per heavy atom. The highest BCUT2D eigenvalue weighted by atomic mass is 32.1. The molecule has 3 rings (SSSR count). The van der Waals surface area contributed by atoms with E-state index in [1.807, 2.05) is 0 Å². The van der Waals surface area contributed by atoms with Crippen molar-refractivity contribution in [3.63, 3.8) is 0 Å². The monoisotopic (exact) mass is 384 g/mol. The first-order chi connectivity index (χ1) is 12.2. The maximum Gasteiger partial charge on any atom is 0.433 e. The van der Waals surface area contributed by atoms with Crippen molar-refractivity contribution in [3.8, 4) is 10.6 Å². The van der Waals surface area contributed by atoms with Gasteiger partial charge in [0, 0.05) is 13.5 Å². The molecule has 1 atom stereocenters. The number of carbonyl (C=O) groups is 1. The van der Waals surface area contributed by atoms with E-state index in [1.54, 1.807) is 12.1 Å². The van der Waals surface area contributed by atoms with E-state index in [9.17, 15) is 18.0 Å². The van der Waals surface area contributed by atoms with Crippen molar-refractivity contribution in [1.82, 2.24) is 9.78 Å². The molecule has 26 heavy (non-hydrogen) atoms. The maximum absolute atomic E-state index is 12.9. The second-order valence-corrected chi connectivity index (χ2v) is 7.51. The van der Waals surface area contributed by atoms with Gasteiger partial charge in [-0.05, 0) is 43.9 Å². The second kappa shape index (κ2) is 7.26. The van der Waals surface area contributed by atoms with Gasteiger partial charge in [0.25, 0.3) is 0 Å². The molecule has 1 aliphatic rings. The molecule has 2 aromatic rings. The molecule has 8 heteroatoms. The molecule has 0 aliphatic heterocycles. The molecule has 0 N–H and O–H groups in total. The predicted molar refractivity (Wildman–Crippen MR) is 93.0 cm³/mol. The highest BCUT2D eigenvalue weighted by molar-refractivity contribution is 7.17. The second-order valence-electron chi connectivity index (χ2n) is 6.43. The normalized spacial score (nSPS) is 18.6. The zero-order valence-electron chi connectivity index (χ0n) is 14.3. The van der Waals surface area contributed by atoms with Crippen LogP contribution >= 0.6 is 11.3 Å². The lowest BCUT2D eigenvalue weighted by Gasteiger charge is -2.15. The fourth-order valence-corrected chi connectivity index (χ4v) is 3.87. The largest absolute Gasteiger partial charge is 0.458 e. The smallest absolute Gasteiger partial charge is 0.433 e. The molecule has 0 saturated heterocycles. The van der Waals surface area contributed by atoms with Crippen LogP contribution in [0.15, 0.2) is 30.4 Å². The Morgan fingerprint density at radius 2 is 2.15 bits per heavy atom. The predicted octanol–water partition coefficient (Wildman–Crippen LogP) is 5.21. The summed E-state index contributed by atoms with van der Waals surface area (Å²) in [4.78, 5) is 13.2. The molecule has 0 bridgehead atoms. The van der Waals surface area contributed by atoms with Crippen LogP contribution < -0.4 is 0 Å². The van der Waals surface area contributed by atoms with Gasteiger partial charge in [-0.1, -0.05) is 12.2 Å². The molecule has 4 nitrogen and oxygen atoms in total. The number of thiophene rings is 1. The zero-order valence-corrected chi connectivity index (χ0v) is 15.1.